The van der Waals surface area contributed by atoms with Gasteiger partial charge in [0.05, 0.1) is 17.0 Å². The fraction of sp³-hybridized carbons (Fsp3) is 0.375. The van der Waals surface area contributed by atoms with Crippen molar-refractivity contribution in [1.29, 1.82) is 0 Å². The van der Waals surface area contributed by atoms with Crippen LogP contribution in [0.15, 0.2) is 48.5 Å². The molecule has 0 spiro atoms. The quantitative estimate of drug-likeness (QED) is 0.727. The molecule has 0 radical (unpaired) electrons. The number of rotatable bonds is 3. The average Bonchev–Trinajstić information content (AvgIpc) is 3.38. The van der Waals surface area contributed by atoms with Crippen molar-refractivity contribution in [2.45, 2.75) is 32.1 Å². The molecule has 0 aliphatic carbocycles. The summed E-state index contributed by atoms with van der Waals surface area (Å²) in [4.78, 5) is 37.5. The zero-order valence-corrected chi connectivity index (χ0v) is 17.2. The van der Waals surface area contributed by atoms with E-state index in [0.29, 0.717) is 18.9 Å². The van der Waals surface area contributed by atoms with Gasteiger partial charge >= 0.3 is 0 Å². The third kappa shape index (κ3) is 3.47. The smallest absolute Gasteiger partial charge is 0.228 e. The number of hydrogen-bond donors (Lipinski definition) is 1. The first kappa shape index (κ1) is 18.9. The van der Waals surface area contributed by atoms with Gasteiger partial charge < -0.3 is 14.8 Å². The zero-order valence-electron chi connectivity index (χ0n) is 17.2. The maximum Gasteiger partial charge on any atom is 0.228 e. The van der Waals surface area contributed by atoms with Gasteiger partial charge in [-0.3, -0.25) is 9.59 Å². The number of carbonyl (C=O) groups excluding carboxylic acids is 2. The van der Waals surface area contributed by atoms with Crippen LogP contribution in [0.2, 0.25) is 0 Å². The summed E-state index contributed by atoms with van der Waals surface area (Å²) in [5.74, 6) is 1.26. The second-order valence-electron chi connectivity index (χ2n) is 8.48. The molecule has 0 saturated carbocycles. The van der Waals surface area contributed by atoms with Crippen LogP contribution in [0.1, 0.15) is 36.6 Å². The molecular formula is C24H26N4O2. The van der Waals surface area contributed by atoms with Crippen LogP contribution in [0.3, 0.4) is 0 Å². The molecule has 2 fully saturated rings. The van der Waals surface area contributed by atoms with Gasteiger partial charge in [0.25, 0.3) is 0 Å². The molecule has 2 aliphatic heterocycles. The Morgan fingerprint density at radius 2 is 1.80 bits per heavy atom. The molecule has 1 N–H and O–H groups in total. The lowest BCUT2D eigenvalue weighted by atomic mass is 9.95. The predicted octanol–water partition coefficient (Wildman–Crippen LogP) is 3.63. The highest BCUT2D eigenvalue weighted by Crippen LogP contribution is 2.31. The topological polar surface area (TPSA) is 69.3 Å². The fourth-order valence-corrected chi connectivity index (χ4v) is 4.64. The van der Waals surface area contributed by atoms with Gasteiger partial charge in [0.15, 0.2) is 0 Å². The van der Waals surface area contributed by atoms with Crippen LogP contribution in [-0.2, 0) is 9.59 Å². The number of fused-ring (bicyclic) bond motifs is 1. The highest BCUT2D eigenvalue weighted by atomic mass is 16.2. The van der Waals surface area contributed by atoms with Crippen LogP contribution in [0.25, 0.3) is 11.0 Å². The Morgan fingerprint density at radius 3 is 2.53 bits per heavy atom. The van der Waals surface area contributed by atoms with E-state index in [1.54, 1.807) is 4.90 Å². The van der Waals surface area contributed by atoms with E-state index < -0.39 is 0 Å². The maximum atomic E-state index is 13.1. The van der Waals surface area contributed by atoms with Crippen molar-refractivity contribution in [3.05, 3.63) is 59.9 Å². The lowest BCUT2D eigenvalue weighted by Crippen LogP contribution is -2.42. The second kappa shape index (κ2) is 7.59. The summed E-state index contributed by atoms with van der Waals surface area (Å²) in [7, 11) is 0. The first-order chi connectivity index (χ1) is 14.6. The number of aromatic amines is 1. The van der Waals surface area contributed by atoms with Crippen LogP contribution < -0.4 is 4.90 Å². The Hall–Kier alpha value is -3.15. The lowest BCUT2D eigenvalue weighted by molar-refractivity contribution is -0.136. The summed E-state index contributed by atoms with van der Waals surface area (Å²) < 4.78 is 0. The van der Waals surface area contributed by atoms with Crippen LogP contribution in [0.5, 0.6) is 0 Å². The second-order valence-corrected chi connectivity index (χ2v) is 8.48. The molecule has 6 nitrogen and oxygen atoms in total. The average molecular weight is 402 g/mol. The minimum atomic E-state index is -0.249. The van der Waals surface area contributed by atoms with E-state index in [2.05, 4.69) is 4.98 Å². The maximum absolute atomic E-state index is 13.1. The van der Waals surface area contributed by atoms with E-state index >= 15 is 0 Å². The van der Waals surface area contributed by atoms with Crippen molar-refractivity contribution in [3.8, 4) is 0 Å². The number of nitrogens with zero attached hydrogens (tertiary/aromatic N) is 3. The summed E-state index contributed by atoms with van der Waals surface area (Å²) in [5.41, 5.74) is 4.09. The molecule has 2 aromatic carbocycles. The molecule has 154 valence electrons. The fourth-order valence-electron chi connectivity index (χ4n) is 4.64. The Morgan fingerprint density at radius 1 is 1.07 bits per heavy atom. The van der Waals surface area contributed by atoms with Gasteiger partial charge in [-0.15, -0.1) is 0 Å². The summed E-state index contributed by atoms with van der Waals surface area (Å²) in [6.07, 6.45) is 2.10. The van der Waals surface area contributed by atoms with Gasteiger partial charge in [-0.05, 0) is 44.0 Å². The normalized spacial score (nSPS) is 20.3. The highest BCUT2D eigenvalue weighted by Gasteiger charge is 2.38. The SMILES string of the molecule is Cc1ccc(N2C[C@H](C(=O)N3CCC(c4nc5ccccc5[nH]4)CC3)CC2=O)cc1. The minimum absolute atomic E-state index is 0.0364. The van der Waals surface area contributed by atoms with Crippen LogP contribution in [0, 0.1) is 12.8 Å². The van der Waals surface area contributed by atoms with Crippen molar-refractivity contribution < 1.29 is 9.59 Å². The number of hydrogen-bond acceptors (Lipinski definition) is 3. The Balaban J connectivity index is 1.21. The molecule has 0 bridgehead atoms. The number of para-hydroxylation sites is 2. The molecular weight excluding hydrogens is 376 g/mol. The first-order valence-electron chi connectivity index (χ1n) is 10.7. The monoisotopic (exact) mass is 402 g/mol. The van der Waals surface area contributed by atoms with Gasteiger partial charge in [-0.2, -0.15) is 0 Å². The molecule has 2 amide bonds. The molecule has 2 saturated heterocycles. The van der Waals surface area contributed by atoms with E-state index in [4.69, 9.17) is 4.98 Å². The Labute approximate surface area is 175 Å². The third-order valence-corrected chi connectivity index (χ3v) is 6.42. The molecule has 0 unspecified atom stereocenters. The summed E-state index contributed by atoms with van der Waals surface area (Å²) in [6, 6.07) is 16.0. The number of aromatic nitrogens is 2. The summed E-state index contributed by atoms with van der Waals surface area (Å²) in [5, 5.41) is 0. The van der Waals surface area contributed by atoms with Crippen LogP contribution in [0.4, 0.5) is 5.69 Å². The van der Waals surface area contributed by atoms with Gasteiger partial charge in [-0.1, -0.05) is 29.8 Å². The lowest BCUT2D eigenvalue weighted by Gasteiger charge is -2.32. The first-order valence-corrected chi connectivity index (χ1v) is 10.7. The number of imidazole rings is 1. The molecule has 30 heavy (non-hydrogen) atoms. The molecule has 2 aliphatic rings. The van der Waals surface area contributed by atoms with Crippen molar-refractivity contribution in [2.24, 2.45) is 5.92 Å². The Kier molecular flexibility index (Phi) is 4.77. The van der Waals surface area contributed by atoms with Crippen molar-refractivity contribution in [1.82, 2.24) is 14.9 Å². The summed E-state index contributed by atoms with van der Waals surface area (Å²) in [6.45, 7) is 3.94. The van der Waals surface area contributed by atoms with E-state index in [1.807, 2.05) is 60.4 Å². The molecule has 3 aromatic rings. The largest absolute Gasteiger partial charge is 0.342 e. The molecule has 3 heterocycles. The number of likely N-dealkylation sites (tertiary alicyclic amines) is 1. The van der Waals surface area contributed by atoms with Crippen LogP contribution in [-0.4, -0.2) is 46.3 Å². The minimum Gasteiger partial charge on any atom is -0.342 e. The van der Waals surface area contributed by atoms with Gasteiger partial charge in [-0.25, -0.2) is 4.98 Å². The van der Waals surface area contributed by atoms with E-state index in [0.717, 1.165) is 54.0 Å². The Bertz CT molecular complexity index is 1050. The van der Waals surface area contributed by atoms with Crippen LogP contribution >= 0.6 is 0 Å². The van der Waals surface area contributed by atoms with Gasteiger partial charge in [0.2, 0.25) is 11.8 Å². The number of H-pyrrole nitrogens is 1. The van der Waals surface area contributed by atoms with Gasteiger partial charge in [0.1, 0.15) is 5.82 Å². The standard InChI is InChI=1S/C24H26N4O2/c1-16-6-8-19(9-7-16)28-15-18(14-22(28)29)24(30)27-12-10-17(11-13-27)23-25-20-4-2-3-5-21(20)26-23/h2-9,17-18H,10-15H2,1H3,(H,25,26)/t18-/m1/s1. The van der Waals surface area contributed by atoms with E-state index in [1.165, 1.54) is 0 Å². The molecule has 5 rings (SSSR count). The van der Waals surface area contributed by atoms with Crippen molar-refractivity contribution in [3.63, 3.8) is 0 Å². The van der Waals surface area contributed by atoms with E-state index in [-0.39, 0.29) is 17.7 Å². The number of carbonyl (C=O) groups is 2. The molecule has 1 aromatic heterocycles. The van der Waals surface area contributed by atoms with Gasteiger partial charge in [0, 0.05) is 37.7 Å². The van der Waals surface area contributed by atoms with Crippen molar-refractivity contribution in [2.75, 3.05) is 24.5 Å². The number of nitrogens with one attached hydrogen (secondary N) is 1. The molecule has 1 atom stereocenters. The number of benzene rings is 2. The summed E-state index contributed by atoms with van der Waals surface area (Å²) >= 11 is 0. The number of amides is 2. The third-order valence-electron chi connectivity index (χ3n) is 6.42. The predicted molar refractivity (Wildman–Crippen MR) is 116 cm³/mol. The van der Waals surface area contributed by atoms with E-state index in [9.17, 15) is 9.59 Å². The highest BCUT2D eigenvalue weighted by molar-refractivity contribution is 6.00. The number of anilines is 1. The van der Waals surface area contributed by atoms with Crippen molar-refractivity contribution >= 4 is 28.5 Å². The molecule has 6 heteroatoms. The zero-order chi connectivity index (χ0) is 20.7. The number of aryl methyl sites for hydroxylation is 1. The number of piperidine rings is 1.